The van der Waals surface area contributed by atoms with Gasteiger partial charge in [-0.2, -0.15) is 0 Å². The van der Waals surface area contributed by atoms with Crippen LogP contribution in [-0.2, 0) is 0 Å². The van der Waals surface area contributed by atoms with Crippen molar-refractivity contribution < 1.29 is 4.39 Å². The molecular formula is C14H19FN2. The largest absolute Gasteiger partial charge is 0.381 e. The second kappa shape index (κ2) is 4.55. The molecule has 1 aliphatic heterocycles. The molecule has 0 bridgehead atoms. The van der Waals surface area contributed by atoms with Crippen LogP contribution in [0.25, 0.3) is 0 Å². The molecule has 1 fully saturated rings. The molecule has 1 aliphatic carbocycles. The van der Waals surface area contributed by atoms with Crippen molar-refractivity contribution in [2.75, 3.05) is 17.2 Å². The Morgan fingerprint density at radius 3 is 2.71 bits per heavy atom. The van der Waals surface area contributed by atoms with E-state index in [1.165, 1.54) is 38.2 Å². The van der Waals surface area contributed by atoms with Gasteiger partial charge >= 0.3 is 0 Å². The van der Waals surface area contributed by atoms with Gasteiger partial charge in [0.1, 0.15) is 5.82 Å². The third-order valence-corrected chi connectivity index (χ3v) is 4.05. The van der Waals surface area contributed by atoms with Crippen LogP contribution in [0.1, 0.15) is 32.1 Å². The third kappa shape index (κ3) is 2.24. The fraction of sp³-hybridized carbons (Fsp3) is 0.571. The predicted molar refractivity (Wildman–Crippen MR) is 68.9 cm³/mol. The molecule has 1 aromatic rings. The average molecular weight is 234 g/mol. The van der Waals surface area contributed by atoms with Crippen molar-refractivity contribution in [3.05, 3.63) is 24.0 Å². The van der Waals surface area contributed by atoms with Gasteiger partial charge in [0.25, 0.3) is 0 Å². The molecule has 0 aromatic heterocycles. The monoisotopic (exact) mass is 234 g/mol. The van der Waals surface area contributed by atoms with Crippen molar-refractivity contribution in [3.8, 4) is 0 Å². The first-order valence-corrected chi connectivity index (χ1v) is 6.63. The maximum absolute atomic E-state index is 13.1. The number of nitrogens with one attached hydrogen (secondary N) is 2. The molecule has 0 spiro atoms. The Balaban J connectivity index is 1.73. The topological polar surface area (TPSA) is 24.1 Å². The molecule has 2 aliphatic rings. The van der Waals surface area contributed by atoms with E-state index in [0.29, 0.717) is 6.04 Å². The van der Waals surface area contributed by atoms with Crippen LogP contribution < -0.4 is 10.6 Å². The van der Waals surface area contributed by atoms with Crippen LogP contribution in [0.15, 0.2) is 18.2 Å². The summed E-state index contributed by atoms with van der Waals surface area (Å²) in [6, 6.07) is 5.44. The Morgan fingerprint density at radius 1 is 1.06 bits per heavy atom. The highest BCUT2D eigenvalue weighted by Crippen LogP contribution is 2.33. The van der Waals surface area contributed by atoms with Gasteiger partial charge < -0.3 is 10.6 Å². The summed E-state index contributed by atoms with van der Waals surface area (Å²) in [4.78, 5) is 0. The van der Waals surface area contributed by atoms with E-state index >= 15 is 0 Å². The molecule has 0 radical (unpaired) electrons. The van der Waals surface area contributed by atoms with E-state index in [9.17, 15) is 4.39 Å². The van der Waals surface area contributed by atoms with Gasteiger partial charge in [-0.05, 0) is 37.0 Å². The number of hydrogen-bond acceptors (Lipinski definition) is 2. The first kappa shape index (κ1) is 10.9. The number of anilines is 2. The van der Waals surface area contributed by atoms with E-state index in [0.717, 1.165) is 23.8 Å². The fourth-order valence-corrected chi connectivity index (χ4v) is 3.08. The van der Waals surface area contributed by atoms with Gasteiger partial charge in [-0.3, -0.25) is 0 Å². The van der Waals surface area contributed by atoms with Crippen LogP contribution in [0.2, 0.25) is 0 Å². The highest BCUT2D eigenvalue weighted by molar-refractivity contribution is 5.71. The molecule has 92 valence electrons. The van der Waals surface area contributed by atoms with E-state index in [1.54, 1.807) is 6.07 Å². The van der Waals surface area contributed by atoms with Gasteiger partial charge in [-0.25, -0.2) is 4.39 Å². The maximum atomic E-state index is 13.1. The minimum atomic E-state index is -0.172. The zero-order valence-electron chi connectivity index (χ0n) is 10.0. The van der Waals surface area contributed by atoms with E-state index in [2.05, 4.69) is 10.6 Å². The molecule has 1 atom stereocenters. The first-order chi connectivity index (χ1) is 8.33. The number of fused-ring (bicyclic) bond motifs is 1. The van der Waals surface area contributed by atoms with Crippen molar-refractivity contribution in [3.63, 3.8) is 0 Å². The second-order valence-corrected chi connectivity index (χ2v) is 5.22. The highest BCUT2D eigenvalue weighted by Gasteiger charge is 2.26. The lowest BCUT2D eigenvalue weighted by atomic mass is 9.83. The fourth-order valence-electron chi connectivity index (χ4n) is 3.08. The van der Waals surface area contributed by atoms with Crippen molar-refractivity contribution >= 4 is 11.4 Å². The Kier molecular flexibility index (Phi) is 2.91. The van der Waals surface area contributed by atoms with Crippen molar-refractivity contribution in [1.82, 2.24) is 0 Å². The maximum Gasteiger partial charge on any atom is 0.125 e. The van der Waals surface area contributed by atoms with Crippen molar-refractivity contribution in [1.29, 1.82) is 0 Å². The summed E-state index contributed by atoms with van der Waals surface area (Å²) in [5.74, 6) is 0.601. The van der Waals surface area contributed by atoms with E-state index in [4.69, 9.17) is 0 Å². The van der Waals surface area contributed by atoms with Crippen LogP contribution in [0, 0.1) is 11.7 Å². The van der Waals surface area contributed by atoms with Crippen LogP contribution >= 0.6 is 0 Å². The zero-order valence-corrected chi connectivity index (χ0v) is 10.0. The molecule has 0 saturated heterocycles. The Morgan fingerprint density at radius 2 is 1.88 bits per heavy atom. The Hall–Kier alpha value is -1.25. The summed E-state index contributed by atoms with van der Waals surface area (Å²) in [6.07, 6.45) is 6.77. The van der Waals surface area contributed by atoms with Crippen LogP contribution in [-0.4, -0.2) is 12.6 Å². The lowest BCUT2D eigenvalue weighted by Crippen LogP contribution is -2.40. The minimum Gasteiger partial charge on any atom is -0.381 e. The first-order valence-electron chi connectivity index (χ1n) is 6.63. The molecule has 1 saturated carbocycles. The lowest BCUT2D eigenvalue weighted by molar-refractivity contribution is 0.322. The molecule has 3 heteroatoms. The summed E-state index contributed by atoms with van der Waals surface area (Å²) in [5, 5.41) is 6.91. The second-order valence-electron chi connectivity index (χ2n) is 5.22. The van der Waals surface area contributed by atoms with Gasteiger partial charge in [0.15, 0.2) is 0 Å². The third-order valence-electron chi connectivity index (χ3n) is 4.05. The molecule has 1 aromatic carbocycles. The minimum absolute atomic E-state index is 0.172. The Bertz CT molecular complexity index is 399. The molecule has 2 nitrogen and oxygen atoms in total. The molecule has 1 heterocycles. The quantitative estimate of drug-likeness (QED) is 0.775. The Labute approximate surface area is 102 Å². The number of rotatable bonds is 1. The van der Waals surface area contributed by atoms with Crippen LogP contribution in [0.4, 0.5) is 15.8 Å². The number of halogens is 1. The van der Waals surface area contributed by atoms with Crippen LogP contribution in [0.3, 0.4) is 0 Å². The summed E-state index contributed by atoms with van der Waals surface area (Å²) in [6.45, 7) is 0.918. The summed E-state index contributed by atoms with van der Waals surface area (Å²) in [7, 11) is 0. The zero-order chi connectivity index (χ0) is 11.7. The number of hydrogen-bond donors (Lipinski definition) is 2. The van der Waals surface area contributed by atoms with E-state index < -0.39 is 0 Å². The standard InChI is InChI=1S/C14H19FN2/c15-11-6-7-12-13(8-11)16-9-14(17-12)10-4-2-1-3-5-10/h6-8,10,14,16-17H,1-5,9H2. The van der Waals surface area contributed by atoms with Gasteiger partial charge in [0, 0.05) is 12.6 Å². The van der Waals surface area contributed by atoms with Crippen molar-refractivity contribution in [2.45, 2.75) is 38.1 Å². The van der Waals surface area contributed by atoms with Gasteiger partial charge in [0.05, 0.1) is 11.4 Å². The summed E-state index contributed by atoms with van der Waals surface area (Å²) >= 11 is 0. The predicted octanol–water partition coefficient (Wildman–Crippen LogP) is 3.61. The molecule has 17 heavy (non-hydrogen) atoms. The molecular weight excluding hydrogens is 215 g/mol. The van der Waals surface area contributed by atoms with Crippen LogP contribution in [0.5, 0.6) is 0 Å². The van der Waals surface area contributed by atoms with E-state index in [-0.39, 0.29) is 5.82 Å². The lowest BCUT2D eigenvalue weighted by Gasteiger charge is -2.36. The molecule has 2 N–H and O–H groups in total. The normalized spacial score (nSPS) is 24.6. The summed E-state index contributed by atoms with van der Waals surface area (Å²) in [5.41, 5.74) is 1.95. The van der Waals surface area contributed by atoms with Gasteiger partial charge in [-0.1, -0.05) is 19.3 Å². The number of benzene rings is 1. The average Bonchev–Trinajstić information content (AvgIpc) is 2.39. The summed E-state index contributed by atoms with van der Waals surface area (Å²) < 4.78 is 13.1. The smallest absolute Gasteiger partial charge is 0.125 e. The highest BCUT2D eigenvalue weighted by atomic mass is 19.1. The molecule has 0 amide bonds. The van der Waals surface area contributed by atoms with Gasteiger partial charge in [0.2, 0.25) is 0 Å². The SMILES string of the molecule is Fc1ccc2c(c1)NCC(C1CCCCC1)N2. The molecule has 3 rings (SSSR count). The van der Waals surface area contributed by atoms with Gasteiger partial charge in [-0.15, -0.1) is 0 Å². The molecule has 1 unspecified atom stereocenters. The van der Waals surface area contributed by atoms with E-state index in [1.807, 2.05) is 6.07 Å². The van der Waals surface area contributed by atoms with Crippen molar-refractivity contribution in [2.24, 2.45) is 5.92 Å².